The monoisotopic (exact) mass is 262 g/mol. The van der Waals surface area contributed by atoms with E-state index >= 15 is 0 Å². The van der Waals surface area contributed by atoms with Crippen LogP contribution in [0, 0.1) is 13.8 Å². The molecular formula is C12H18N6O. The van der Waals surface area contributed by atoms with Crippen molar-refractivity contribution < 1.29 is 4.79 Å². The fraction of sp³-hybridized carbons (Fsp3) is 0.500. The Morgan fingerprint density at radius 2 is 2.32 bits per heavy atom. The number of rotatable bonds is 6. The Morgan fingerprint density at radius 1 is 1.47 bits per heavy atom. The molecule has 0 saturated heterocycles. The highest BCUT2D eigenvalue weighted by atomic mass is 16.1. The van der Waals surface area contributed by atoms with Gasteiger partial charge in [-0.1, -0.05) is 0 Å². The van der Waals surface area contributed by atoms with Gasteiger partial charge in [0.05, 0.1) is 5.69 Å². The molecule has 0 aliphatic rings. The van der Waals surface area contributed by atoms with E-state index in [1.54, 1.807) is 0 Å². The number of H-pyrrole nitrogens is 1. The summed E-state index contributed by atoms with van der Waals surface area (Å²) in [6.45, 7) is 5.10. The van der Waals surface area contributed by atoms with Crippen LogP contribution in [-0.2, 0) is 17.8 Å². The van der Waals surface area contributed by atoms with Crippen molar-refractivity contribution in [2.45, 2.75) is 33.2 Å². The lowest BCUT2D eigenvalue weighted by molar-refractivity contribution is -0.121. The van der Waals surface area contributed by atoms with E-state index in [4.69, 9.17) is 0 Å². The number of aryl methyl sites for hydroxylation is 3. The van der Waals surface area contributed by atoms with Gasteiger partial charge in [-0.25, -0.2) is 4.98 Å². The van der Waals surface area contributed by atoms with E-state index in [9.17, 15) is 4.79 Å². The van der Waals surface area contributed by atoms with Crippen molar-refractivity contribution in [1.82, 2.24) is 30.3 Å². The van der Waals surface area contributed by atoms with Gasteiger partial charge < -0.3 is 5.32 Å². The molecule has 2 rings (SSSR count). The second-order valence-electron chi connectivity index (χ2n) is 4.43. The summed E-state index contributed by atoms with van der Waals surface area (Å²) in [5.74, 6) is 0.797. The highest BCUT2D eigenvalue weighted by molar-refractivity contribution is 5.75. The number of carbonyl (C=O) groups is 1. The molecule has 0 aromatic carbocycles. The SMILES string of the molecule is Cc1cc(C)n(CCC(=O)NCCc2ncn[nH]2)n1. The number of aromatic nitrogens is 5. The van der Waals surface area contributed by atoms with Gasteiger partial charge >= 0.3 is 0 Å². The van der Waals surface area contributed by atoms with Gasteiger partial charge in [0.1, 0.15) is 12.2 Å². The lowest BCUT2D eigenvalue weighted by Crippen LogP contribution is -2.27. The Hall–Kier alpha value is -2.18. The molecule has 0 unspecified atom stereocenters. The van der Waals surface area contributed by atoms with Gasteiger partial charge in [0.15, 0.2) is 0 Å². The van der Waals surface area contributed by atoms with Crippen LogP contribution < -0.4 is 5.32 Å². The molecule has 0 radical (unpaired) electrons. The van der Waals surface area contributed by atoms with Gasteiger partial charge in [-0.15, -0.1) is 0 Å². The quantitative estimate of drug-likeness (QED) is 0.787. The predicted molar refractivity (Wildman–Crippen MR) is 69.4 cm³/mol. The van der Waals surface area contributed by atoms with Crippen LogP contribution in [0.3, 0.4) is 0 Å². The zero-order valence-corrected chi connectivity index (χ0v) is 11.2. The number of aromatic amines is 1. The molecule has 2 heterocycles. The fourth-order valence-electron chi connectivity index (χ4n) is 1.87. The first kappa shape index (κ1) is 13.3. The van der Waals surface area contributed by atoms with Crippen molar-refractivity contribution >= 4 is 5.91 Å². The number of hydrogen-bond donors (Lipinski definition) is 2. The van der Waals surface area contributed by atoms with E-state index < -0.39 is 0 Å². The molecule has 0 aliphatic carbocycles. The summed E-state index contributed by atoms with van der Waals surface area (Å²) in [4.78, 5) is 15.7. The van der Waals surface area contributed by atoms with Crippen LogP contribution in [0.2, 0.25) is 0 Å². The summed E-state index contributed by atoms with van der Waals surface area (Å²) in [6, 6.07) is 2.00. The zero-order chi connectivity index (χ0) is 13.7. The molecule has 2 N–H and O–H groups in total. The molecule has 7 nitrogen and oxygen atoms in total. The minimum atomic E-state index is 0.0204. The van der Waals surface area contributed by atoms with E-state index in [1.807, 2.05) is 24.6 Å². The van der Waals surface area contributed by atoms with Crippen molar-refractivity contribution in [3.05, 3.63) is 29.6 Å². The Balaban J connectivity index is 1.68. The maximum atomic E-state index is 11.7. The molecule has 102 valence electrons. The van der Waals surface area contributed by atoms with Gasteiger partial charge in [0, 0.05) is 31.6 Å². The molecule has 0 fully saturated rings. The molecule has 1 amide bonds. The molecule has 2 aromatic rings. The normalized spacial score (nSPS) is 10.6. The van der Waals surface area contributed by atoms with Crippen LogP contribution in [0.4, 0.5) is 0 Å². The topological polar surface area (TPSA) is 88.5 Å². The number of carbonyl (C=O) groups excluding carboxylic acids is 1. The summed E-state index contributed by atoms with van der Waals surface area (Å²) in [6.07, 6.45) is 2.55. The second-order valence-corrected chi connectivity index (χ2v) is 4.43. The number of amides is 1. The first-order valence-electron chi connectivity index (χ1n) is 6.27. The summed E-state index contributed by atoms with van der Waals surface area (Å²) in [5.41, 5.74) is 2.05. The average molecular weight is 262 g/mol. The maximum Gasteiger partial charge on any atom is 0.221 e. The highest BCUT2D eigenvalue weighted by Gasteiger charge is 2.05. The van der Waals surface area contributed by atoms with E-state index in [1.165, 1.54) is 6.33 Å². The Kier molecular flexibility index (Phi) is 4.27. The third-order valence-electron chi connectivity index (χ3n) is 2.80. The summed E-state index contributed by atoms with van der Waals surface area (Å²) >= 11 is 0. The first-order valence-corrected chi connectivity index (χ1v) is 6.27. The number of hydrogen-bond acceptors (Lipinski definition) is 4. The van der Waals surface area contributed by atoms with E-state index in [0.717, 1.165) is 17.2 Å². The van der Waals surface area contributed by atoms with Crippen LogP contribution in [0.1, 0.15) is 23.6 Å². The fourth-order valence-corrected chi connectivity index (χ4v) is 1.87. The van der Waals surface area contributed by atoms with Crippen LogP contribution in [0.5, 0.6) is 0 Å². The van der Waals surface area contributed by atoms with E-state index in [-0.39, 0.29) is 5.91 Å². The van der Waals surface area contributed by atoms with Crippen molar-refractivity contribution in [2.75, 3.05) is 6.54 Å². The number of nitrogens with zero attached hydrogens (tertiary/aromatic N) is 4. The lowest BCUT2D eigenvalue weighted by atomic mass is 10.3. The largest absolute Gasteiger partial charge is 0.356 e. The van der Waals surface area contributed by atoms with Crippen molar-refractivity contribution in [3.8, 4) is 0 Å². The van der Waals surface area contributed by atoms with Crippen LogP contribution >= 0.6 is 0 Å². The van der Waals surface area contributed by atoms with Gasteiger partial charge in [-0.05, 0) is 19.9 Å². The van der Waals surface area contributed by atoms with E-state index in [2.05, 4.69) is 25.6 Å². The minimum absolute atomic E-state index is 0.0204. The Bertz CT molecular complexity index is 530. The first-order chi connectivity index (χ1) is 9.15. The average Bonchev–Trinajstić information content (AvgIpc) is 2.97. The number of nitrogens with one attached hydrogen (secondary N) is 2. The van der Waals surface area contributed by atoms with Gasteiger partial charge in [-0.3, -0.25) is 14.6 Å². The maximum absolute atomic E-state index is 11.7. The molecular weight excluding hydrogens is 244 g/mol. The molecule has 7 heteroatoms. The highest BCUT2D eigenvalue weighted by Crippen LogP contribution is 2.02. The third kappa shape index (κ3) is 3.90. The summed E-state index contributed by atoms with van der Waals surface area (Å²) in [5, 5.41) is 13.7. The molecule has 0 spiro atoms. The molecule has 0 bridgehead atoms. The van der Waals surface area contributed by atoms with Crippen LogP contribution in [0.25, 0.3) is 0 Å². The van der Waals surface area contributed by atoms with Crippen LogP contribution in [0.15, 0.2) is 12.4 Å². The molecule has 0 aliphatic heterocycles. The molecule has 19 heavy (non-hydrogen) atoms. The third-order valence-corrected chi connectivity index (χ3v) is 2.80. The smallest absolute Gasteiger partial charge is 0.221 e. The standard InChI is InChI=1S/C12H18N6O/c1-9-7-10(2)18(17-9)6-4-12(19)13-5-3-11-14-8-15-16-11/h7-8H,3-6H2,1-2H3,(H,13,19)(H,14,15,16). The van der Waals surface area contributed by atoms with Crippen molar-refractivity contribution in [2.24, 2.45) is 0 Å². The van der Waals surface area contributed by atoms with Crippen LogP contribution in [-0.4, -0.2) is 37.4 Å². The Labute approximate surface area is 111 Å². The summed E-state index contributed by atoms with van der Waals surface area (Å²) < 4.78 is 1.85. The molecule has 0 saturated carbocycles. The van der Waals surface area contributed by atoms with Crippen molar-refractivity contribution in [3.63, 3.8) is 0 Å². The molecule has 2 aromatic heterocycles. The van der Waals surface area contributed by atoms with E-state index in [0.29, 0.717) is 25.9 Å². The minimum Gasteiger partial charge on any atom is -0.356 e. The second kappa shape index (κ2) is 6.12. The molecule has 0 atom stereocenters. The zero-order valence-electron chi connectivity index (χ0n) is 11.2. The van der Waals surface area contributed by atoms with Crippen molar-refractivity contribution in [1.29, 1.82) is 0 Å². The predicted octanol–water partition coefficient (Wildman–Crippen LogP) is 0.367. The Morgan fingerprint density at radius 3 is 2.95 bits per heavy atom. The van der Waals surface area contributed by atoms with Gasteiger partial charge in [0.25, 0.3) is 0 Å². The lowest BCUT2D eigenvalue weighted by Gasteiger charge is -2.05. The van der Waals surface area contributed by atoms with Gasteiger partial charge in [-0.2, -0.15) is 10.2 Å². The summed E-state index contributed by atoms with van der Waals surface area (Å²) in [7, 11) is 0. The van der Waals surface area contributed by atoms with Gasteiger partial charge in [0.2, 0.25) is 5.91 Å².